The summed E-state index contributed by atoms with van der Waals surface area (Å²) in [6.45, 7) is 15.5. The summed E-state index contributed by atoms with van der Waals surface area (Å²) in [7, 11) is 0. The molecule has 0 atom stereocenters. The fourth-order valence-electron chi connectivity index (χ4n) is 4.03. The Kier molecular flexibility index (Phi) is 11.2. The molecule has 0 aliphatic rings. The number of ether oxygens (including phenoxy) is 6. The fourth-order valence-corrected chi connectivity index (χ4v) is 4.03. The molecule has 0 heterocycles. The third-order valence-electron chi connectivity index (χ3n) is 6.06. The van der Waals surface area contributed by atoms with Crippen molar-refractivity contribution in [3.05, 3.63) is 128 Å². The average molecular weight is 517 g/mol. The van der Waals surface area contributed by atoms with Gasteiger partial charge in [0.05, 0.1) is 18.8 Å². The topological polar surface area (TPSA) is 55.4 Å². The second kappa shape index (κ2) is 15.1. The maximum atomic E-state index is 5.79. The van der Waals surface area contributed by atoms with E-state index in [1.54, 1.807) is 0 Å². The summed E-state index contributed by atoms with van der Waals surface area (Å²) >= 11 is 0. The standard InChI is InChI=1S/C32H36O6/c1-5-33-20-23-36-29-14-8-26(9-15-29)32(4,27-10-16-30(17-11-27)37-24-21-34-6-2)28-12-18-31(19-13-28)38-25-22-35-7-3/h5-19H,1-3,20-25H2,4H3. The molecule has 0 bridgehead atoms. The Balaban J connectivity index is 1.85. The zero-order valence-corrected chi connectivity index (χ0v) is 22.0. The van der Waals surface area contributed by atoms with Gasteiger partial charge in [0.15, 0.2) is 0 Å². The molecule has 6 nitrogen and oxygen atoms in total. The molecule has 0 N–H and O–H groups in total. The zero-order chi connectivity index (χ0) is 27.1. The van der Waals surface area contributed by atoms with Gasteiger partial charge < -0.3 is 28.4 Å². The lowest BCUT2D eigenvalue weighted by Gasteiger charge is -2.32. The largest absolute Gasteiger partial charge is 0.498 e. The first-order valence-corrected chi connectivity index (χ1v) is 12.5. The van der Waals surface area contributed by atoms with Crippen molar-refractivity contribution in [3.63, 3.8) is 0 Å². The van der Waals surface area contributed by atoms with Crippen LogP contribution in [0.25, 0.3) is 0 Å². The van der Waals surface area contributed by atoms with Gasteiger partial charge in [-0.2, -0.15) is 0 Å². The summed E-state index contributed by atoms with van der Waals surface area (Å²) in [4.78, 5) is 0. The van der Waals surface area contributed by atoms with E-state index >= 15 is 0 Å². The van der Waals surface area contributed by atoms with Gasteiger partial charge in [0, 0.05) is 5.41 Å². The maximum absolute atomic E-state index is 5.79. The molecule has 38 heavy (non-hydrogen) atoms. The molecule has 6 heteroatoms. The summed E-state index contributed by atoms with van der Waals surface area (Å²) in [6.07, 6.45) is 4.23. The maximum Gasteiger partial charge on any atom is 0.122 e. The van der Waals surface area contributed by atoms with Gasteiger partial charge in [0.2, 0.25) is 0 Å². The first-order valence-electron chi connectivity index (χ1n) is 12.5. The van der Waals surface area contributed by atoms with Gasteiger partial charge >= 0.3 is 0 Å². The van der Waals surface area contributed by atoms with Crippen LogP contribution >= 0.6 is 0 Å². The van der Waals surface area contributed by atoms with Crippen molar-refractivity contribution < 1.29 is 28.4 Å². The van der Waals surface area contributed by atoms with Gasteiger partial charge in [-0.15, -0.1) is 0 Å². The highest BCUT2D eigenvalue weighted by Crippen LogP contribution is 2.40. The van der Waals surface area contributed by atoms with Gasteiger partial charge in [0.25, 0.3) is 0 Å². The van der Waals surface area contributed by atoms with E-state index in [0.717, 1.165) is 33.9 Å². The van der Waals surface area contributed by atoms with E-state index in [0.29, 0.717) is 39.6 Å². The molecule has 0 fully saturated rings. The minimum atomic E-state index is -0.445. The second-order valence-corrected chi connectivity index (χ2v) is 8.36. The van der Waals surface area contributed by atoms with Gasteiger partial charge in [-0.05, 0) is 60.0 Å². The molecule has 0 saturated heterocycles. The molecule has 0 radical (unpaired) electrons. The van der Waals surface area contributed by atoms with Crippen molar-refractivity contribution in [3.8, 4) is 17.2 Å². The second-order valence-electron chi connectivity index (χ2n) is 8.36. The first-order chi connectivity index (χ1) is 18.6. The van der Waals surface area contributed by atoms with Crippen molar-refractivity contribution >= 4 is 0 Å². The molecule has 0 aliphatic carbocycles. The lowest BCUT2D eigenvalue weighted by molar-refractivity contribution is 0.179. The van der Waals surface area contributed by atoms with E-state index in [2.05, 4.69) is 63.1 Å². The first kappa shape index (κ1) is 28.3. The Bertz CT molecular complexity index is 976. The van der Waals surface area contributed by atoms with Gasteiger partial charge in [-0.25, -0.2) is 0 Å². The Morgan fingerprint density at radius 2 is 0.737 bits per heavy atom. The van der Waals surface area contributed by atoms with Gasteiger partial charge in [-0.1, -0.05) is 56.1 Å². The normalized spacial score (nSPS) is 10.7. The summed E-state index contributed by atoms with van der Waals surface area (Å²) in [5, 5.41) is 0. The molecule has 3 aromatic carbocycles. The van der Waals surface area contributed by atoms with Crippen molar-refractivity contribution in [2.45, 2.75) is 12.3 Å². The summed E-state index contributed by atoms with van der Waals surface area (Å²) in [5.41, 5.74) is 2.91. The third kappa shape index (κ3) is 7.84. The Morgan fingerprint density at radius 1 is 0.474 bits per heavy atom. The zero-order valence-electron chi connectivity index (χ0n) is 22.0. The molecule has 0 saturated carbocycles. The molecule has 0 spiro atoms. The molecule has 3 aromatic rings. The van der Waals surface area contributed by atoms with Crippen molar-refractivity contribution in [1.82, 2.24) is 0 Å². The van der Waals surface area contributed by atoms with Crippen molar-refractivity contribution in [2.24, 2.45) is 0 Å². The van der Waals surface area contributed by atoms with E-state index in [1.807, 2.05) is 36.4 Å². The molecule has 0 aromatic heterocycles. The van der Waals surface area contributed by atoms with E-state index in [1.165, 1.54) is 18.8 Å². The molecule has 200 valence electrons. The number of rotatable bonds is 18. The van der Waals surface area contributed by atoms with Crippen LogP contribution in [0.4, 0.5) is 0 Å². The van der Waals surface area contributed by atoms with Crippen LogP contribution in [0, 0.1) is 0 Å². The lowest BCUT2D eigenvalue weighted by atomic mass is 9.71. The molecule has 0 unspecified atom stereocenters. The van der Waals surface area contributed by atoms with Crippen molar-refractivity contribution in [1.29, 1.82) is 0 Å². The van der Waals surface area contributed by atoms with Crippen LogP contribution in [0.5, 0.6) is 17.2 Å². The van der Waals surface area contributed by atoms with E-state index in [9.17, 15) is 0 Å². The summed E-state index contributed by atoms with van der Waals surface area (Å²) < 4.78 is 32.8. The highest BCUT2D eigenvalue weighted by Gasteiger charge is 2.31. The third-order valence-corrected chi connectivity index (χ3v) is 6.06. The van der Waals surface area contributed by atoms with E-state index in [-0.39, 0.29) is 0 Å². The smallest absolute Gasteiger partial charge is 0.122 e. The Morgan fingerprint density at radius 3 is 0.974 bits per heavy atom. The van der Waals surface area contributed by atoms with Crippen LogP contribution in [-0.2, 0) is 19.6 Å². The minimum absolute atomic E-state index is 0.445. The number of benzene rings is 3. The molecular weight excluding hydrogens is 480 g/mol. The van der Waals surface area contributed by atoms with Crippen LogP contribution in [0.2, 0.25) is 0 Å². The van der Waals surface area contributed by atoms with Crippen LogP contribution in [0.3, 0.4) is 0 Å². The van der Waals surface area contributed by atoms with Gasteiger partial charge in [-0.3, -0.25) is 0 Å². The molecule has 0 amide bonds. The molecular formula is C32H36O6. The predicted octanol–water partition coefficient (Wildman–Crippen LogP) is 6.66. The quantitative estimate of drug-likeness (QED) is 0.107. The SMILES string of the molecule is C=COCCOc1ccc(C(C)(c2ccc(OCCOC=C)cc2)c2ccc(OCCOC=C)cc2)cc1. The number of hydrogen-bond acceptors (Lipinski definition) is 6. The van der Waals surface area contributed by atoms with Crippen LogP contribution < -0.4 is 14.2 Å². The fraction of sp³-hybridized carbons (Fsp3) is 0.250. The van der Waals surface area contributed by atoms with E-state index < -0.39 is 5.41 Å². The lowest BCUT2D eigenvalue weighted by Crippen LogP contribution is -2.25. The average Bonchev–Trinajstić information content (AvgIpc) is 2.96. The van der Waals surface area contributed by atoms with Crippen molar-refractivity contribution in [2.75, 3.05) is 39.6 Å². The Hall–Kier alpha value is -4.32. The van der Waals surface area contributed by atoms with E-state index in [4.69, 9.17) is 28.4 Å². The van der Waals surface area contributed by atoms with Gasteiger partial charge in [0.1, 0.15) is 56.9 Å². The highest BCUT2D eigenvalue weighted by atomic mass is 16.5. The Labute approximate surface area is 225 Å². The number of hydrogen-bond donors (Lipinski definition) is 0. The van der Waals surface area contributed by atoms with Crippen LogP contribution in [0.15, 0.2) is 111 Å². The molecule has 3 rings (SSSR count). The van der Waals surface area contributed by atoms with Crippen LogP contribution in [0.1, 0.15) is 23.6 Å². The monoisotopic (exact) mass is 516 g/mol. The summed E-state index contributed by atoms with van der Waals surface area (Å²) in [5.74, 6) is 2.33. The molecule has 0 aliphatic heterocycles. The predicted molar refractivity (Wildman–Crippen MR) is 150 cm³/mol. The van der Waals surface area contributed by atoms with Crippen LogP contribution in [-0.4, -0.2) is 39.6 Å². The summed E-state index contributed by atoms with van der Waals surface area (Å²) in [6, 6.07) is 24.5. The minimum Gasteiger partial charge on any atom is -0.498 e. The highest BCUT2D eigenvalue weighted by molar-refractivity contribution is 5.52.